The summed E-state index contributed by atoms with van der Waals surface area (Å²) in [5, 5.41) is 3.80. The van der Waals surface area contributed by atoms with Crippen molar-refractivity contribution in [3.05, 3.63) is 48.8 Å². The SMILES string of the molecule is Nc1cnc2[nH]ccc2c1N(C1CCC2(CCC(=O)N2)CC1)S(=O)(=O)c1ccccc1. The predicted octanol–water partition coefficient (Wildman–Crippen LogP) is 2.93. The van der Waals surface area contributed by atoms with Crippen molar-refractivity contribution in [2.45, 2.75) is 55.0 Å². The summed E-state index contributed by atoms with van der Waals surface area (Å²) in [5.41, 5.74) is 7.49. The first-order valence-electron chi connectivity index (χ1n) is 10.5. The third-order valence-electron chi connectivity index (χ3n) is 6.59. The van der Waals surface area contributed by atoms with Gasteiger partial charge in [0.25, 0.3) is 10.0 Å². The summed E-state index contributed by atoms with van der Waals surface area (Å²) in [7, 11) is -3.87. The molecule has 2 aromatic heterocycles. The molecule has 1 saturated carbocycles. The van der Waals surface area contributed by atoms with Crippen molar-refractivity contribution in [3.8, 4) is 0 Å². The maximum absolute atomic E-state index is 13.9. The lowest BCUT2D eigenvalue weighted by atomic mass is 9.78. The summed E-state index contributed by atoms with van der Waals surface area (Å²) in [6, 6.07) is 9.99. The molecule has 1 aliphatic heterocycles. The number of anilines is 2. The lowest BCUT2D eigenvalue weighted by molar-refractivity contribution is -0.120. The number of fused-ring (bicyclic) bond motifs is 1. The number of hydrogen-bond acceptors (Lipinski definition) is 5. The quantitative estimate of drug-likeness (QED) is 0.577. The number of aromatic nitrogens is 2. The number of H-pyrrole nitrogens is 1. The van der Waals surface area contributed by atoms with Gasteiger partial charge < -0.3 is 16.0 Å². The molecule has 2 aliphatic rings. The van der Waals surface area contributed by atoms with Crippen LogP contribution in [0.5, 0.6) is 0 Å². The molecule has 1 aliphatic carbocycles. The molecule has 9 heteroatoms. The fourth-order valence-electron chi connectivity index (χ4n) is 5.00. The van der Waals surface area contributed by atoms with E-state index in [9.17, 15) is 13.2 Å². The van der Waals surface area contributed by atoms with Crippen molar-refractivity contribution in [2.75, 3.05) is 10.0 Å². The number of rotatable bonds is 4. The Balaban J connectivity index is 1.60. The smallest absolute Gasteiger partial charge is 0.264 e. The van der Waals surface area contributed by atoms with E-state index < -0.39 is 10.0 Å². The third-order valence-corrected chi connectivity index (χ3v) is 8.45. The number of aromatic amines is 1. The van der Waals surface area contributed by atoms with Crippen molar-refractivity contribution in [2.24, 2.45) is 0 Å². The summed E-state index contributed by atoms with van der Waals surface area (Å²) in [4.78, 5) is 19.4. The zero-order valence-electron chi connectivity index (χ0n) is 17.0. The van der Waals surface area contributed by atoms with Gasteiger partial charge in [-0.2, -0.15) is 0 Å². The highest BCUT2D eigenvalue weighted by Gasteiger charge is 2.44. The van der Waals surface area contributed by atoms with Crippen LogP contribution < -0.4 is 15.4 Å². The number of pyridine rings is 1. The second kappa shape index (κ2) is 7.26. The Morgan fingerprint density at radius 3 is 2.52 bits per heavy atom. The molecular formula is C22H25N5O3S. The number of amides is 1. The van der Waals surface area contributed by atoms with Gasteiger partial charge in [0.2, 0.25) is 5.91 Å². The topological polar surface area (TPSA) is 121 Å². The summed E-state index contributed by atoms with van der Waals surface area (Å²) in [6.45, 7) is 0. The minimum Gasteiger partial charge on any atom is -0.396 e. The lowest BCUT2D eigenvalue weighted by Crippen LogP contribution is -2.50. The second-order valence-corrected chi connectivity index (χ2v) is 10.3. The van der Waals surface area contributed by atoms with Crippen LogP contribution >= 0.6 is 0 Å². The van der Waals surface area contributed by atoms with E-state index in [1.54, 1.807) is 36.5 Å². The summed E-state index contributed by atoms with van der Waals surface area (Å²) in [5.74, 6) is 0.0830. The van der Waals surface area contributed by atoms with E-state index in [-0.39, 0.29) is 22.4 Å². The summed E-state index contributed by atoms with van der Waals surface area (Å²) in [6.07, 6.45) is 7.35. The zero-order valence-corrected chi connectivity index (χ0v) is 17.9. The highest BCUT2D eigenvalue weighted by Crippen LogP contribution is 2.43. The van der Waals surface area contributed by atoms with E-state index in [2.05, 4.69) is 15.3 Å². The Hall–Kier alpha value is -3.07. The molecule has 0 unspecified atom stereocenters. The first-order chi connectivity index (χ1) is 14.9. The average Bonchev–Trinajstić information content (AvgIpc) is 3.39. The predicted molar refractivity (Wildman–Crippen MR) is 119 cm³/mol. The van der Waals surface area contributed by atoms with Crippen LogP contribution in [0.4, 0.5) is 11.4 Å². The van der Waals surface area contributed by atoms with E-state index in [4.69, 9.17) is 5.73 Å². The Morgan fingerprint density at radius 1 is 1.10 bits per heavy atom. The maximum Gasteiger partial charge on any atom is 0.264 e. The van der Waals surface area contributed by atoms with Crippen molar-refractivity contribution < 1.29 is 13.2 Å². The van der Waals surface area contributed by atoms with Crippen LogP contribution in [-0.2, 0) is 14.8 Å². The van der Waals surface area contributed by atoms with E-state index in [0.717, 1.165) is 19.3 Å². The fourth-order valence-corrected chi connectivity index (χ4v) is 6.77. The molecular weight excluding hydrogens is 414 g/mol. The Bertz CT molecular complexity index is 1230. The Kier molecular flexibility index (Phi) is 4.65. The van der Waals surface area contributed by atoms with Crippen molar-refractivity contribution >= 4 is 38.3 Å². The number of nitrogen functional groups attached to an aromatic ring is 1. The molecule has 0 atom stereocenters. The minimum atomic E-state index is -3.87. The van der Waals surface area contributed by atoms with Crippen LogP contribution in [0.25, 0.3) is 11.0 Å². The van der Waals surface area contributed by atoms with Crippen LogP contribution in [0, 0.1) is 0 Å². The van der Waals surface area contributed by atoms with E-state index in [1.807, 2.05) is 6.07 Å². The highest BCUT2D eigenvalue weighted by molar-refractivity contribution is 7.93. The number of nitrogens with two attached hydrogens (primary N) is 1. The molecule has 1 aromatic carbocycles. The molecule has 1 spiro atoms. The molecule has 5 rings (SSSR count). The number of carbonyl (C=O) groups is 1. The molecule has 3 heterocycles. The van der Waals surface area contributed by atoms with Gasteiger partial charge in [-0.15, -0.1) is 0 Å². The summed E-state index contributed by atoms with van der Waals surface area (Å²) < 4.78 is 29.3. The van der Waals surface area contributed by atoms with Crippen molar-refractivity contribution in [1.29, 1.82) is 0 Å². The first-order valence-corrected chi connectivity index (χ1v) is 12.0. The molecule has 2 fully saturated rings. The van der Waals surface area contributed by atoms with Crippen molar-refractivity contribution in [1.82, 2.24) is 15.3 Å². The van der Waals surface area contributed by atoms with Gasteiger partial charge in [0.05, 0.1) is 22.5 Å². The molecule has 0 radical (unpaired) electrons. The largest absolute Gasteiger partial charge is 0.396 e. The molecule has 4 N–H and O–H groups in total. The Morgan fingerprint density at radius 2 is 1.84 bits per heavy atom. The molecule has 162 valence electrons. The fraction of sp³-hybridized carbons (Fsp3) is 0.364. The van der Waals surface area contributed by atoms with Gasteiger partial charge >= 0.3 is 0 Å². The first kappa shape index (κ1) is 19.9. The number of benzene rings is 1. The van der Waals surface area contributed by atoms with Gasteiger partial charge in [0, 0.05) is 29.6 Å². The van der Waals surface area contributed by atoms with E-state index in [1.165, 1.54) is 10.5 Å². The van der Waals surface area contributed by atoms with Crippen LogP contribution in [0.3, 0.4) is 0 Å². The number of carbonyl (C=O) groups excluding carboxylic acids is 1. The van der Waals surface area contributed by atoms with Gasteiger partial charge in [0.1, 0.15) is 5.65 Å². The average molecular weight is 440 g/mol. The normalized spacial score (nSPS) is 23.9. The maximum atomic E-state index is 13.9. The van der Waals surface area contributed by atoms with Crippen LogP contribution in [-0.4, -0.2) is 35.9 Å². The number of nitrogens with one attached hydrogen (secondary N) is 2. The number of nitrogens with zero attached hydrogens (tertiary/aromatic N) is 2. The minimum absolute atomic E-state index is 0.0830. The van der Waals surface area contributed by atoms with E-state index >= 15 is 0 Å². The highest BCUT2D eigenvalue weighted by atomic mass is 32.2. The molecule has 8 nitrogen and oxygen atoms in total. The molecule has 31 heavy (non-hydrogen) atoms. The monoisotopic (exact) mass is 439 g/mol. The van der Waals surface area contributed by atoms with Crippen LogP contribution in [0.1, 0.15) is 38.5 Å². The van der Waals surface area contributed by atoms with E-state index in [0.29, 0.717) is 41.7 Å². The molecule has 1 amide bonds. The molecule has 0 bridgehead atoms. The van der Waals surface area contributed by atoms with Gasteiger partial charge in [-0.05, 0) is 50.3 Å². The van der Waals surface area contributed by atoms with Crippen LogP contribution in [0.15, 0.2) is 53.7 Å². The molecule has 3 aromatic rings. The van der Waals surface area contributed by atoms with Crippen LogP contribution in [0.2, 0.25) is 0 Å². The summed E-state index contributed by atoms with van der Waals surface area (Å²) >= 11 is 0. The zero-order chi connectivity index (χ0) is 21.6. The van der Waals surface area contributed by atoms with Crippen molar-refractivity contribution in [3.63, 3.8) is 0 Å². The number of hydrogen-bond donors (Lipinski definition) is 3. The second-order valence-electron chi connectivity index (χ2n) is 8.48. The van der Waals surface area contributed by atoms with Gasteiger partial charge in [0.15, 0.2) is 0 Å². The molecule has 1 saturated heterocycles. The lowest BCUT2D eigenvalue weighted by Gasteiger charge is -2.42. The van der Waals surface area contributed by atoms with Gasteiger partial charge in [-0.25, -0.2) is 13.4 Å². The third kappa shape index (κ3) is 3.33. The number of sulfonamides is 1. The standard InChI is InChI=1S/C22H25N5O3S/c23-18-14-25-21-17(9-13-24-21)20(18)27(31(29,30)16-4-2-1-3-5-16)15-6-10-22(11-7-15)12-8-19(28)26-22/h1-5,9,13-15H,6-8,10-12,23H2,(H,24,25)(H,26,28). The van der Waals surface area contributed by atoms with Gasteiger partial charge in [-0.1, -0.05) is 18.2 Å². The van der Waals surface area contributed by atoms with Gasteiger partial charge in [-0.3, -0.25) is 9.10 Å². The Labute approximate surface area is 180 Å².